The molecule has 0 aliphatic carbocycles. The number of nitro benzene ring substituents is 1. The smallest absolute Gasteiger partial charge is 0.271 e. The second-order valence-corrected chi connectivity index (χ2v) is 8.77. The highest BCUT2D eigenvalue weighted by Crippen LogP contribution is 2.27. The summed E-state index contributed by atoms with van der Waals surface area (Å²) in [6, 6.07) is 10.9. The minimum Gasteiger partial charge on any atom is -0.345 e. The van der Waals surface area contributed by atoms with Crippen LogP contribution < -0.4 is 10.6 Å². The fourth-order valence-electron chi connectivity index (χ4n) is 2.81. The van der Waals surface area contributed by atoms with Crippen molar-refractivity contribution in [1.82, 2.24) is 20.1 Å². The Morgan fingerprint density at radius 1 is 1.24 bits per heavy atom. The Morgan fingerprint density at radius 2 is 2.00 bits per heavy atom. The molecule has 0 saturated heterocycles. The number of benzene rings is 2. The van der Waals surface area contributed by atoms with Crippen LogP contribution in [0.25, 0.3) is 0 Å². The van der Waals surface area contributed by atoms with Crippen molar-refractivity contribution in [3.05, 3.63) is 73.5 Å². The van der Waals surface area contributed by atoms with Gasteiger partial charge in [0.2, 0.25) is 5.91 Å². The molecule has 2 amide bonds. The van der Waals surface area contributed by atoms with E-state index in [9.17, 15) is 19.7 Å². The SMILES string of the molecule is CCn1c(CNC(=O)c2ccccc2Br)nnc1SCC(=O)Nc1cc([N+](=O)[O-])ccc1Cl. The van der Waals surface area contributed by atoms with Crippen molar-refractivity contribution < 1.29 is 14.5 Å². The number of thioether (sulfide) groups is 1. The minimum atomic E-state index is -0.568. The van der Waals surface area contributed by atoms with Gasteiger partial charge < -0.3 is 15.2 Å². The van der Waals surface area contributed by atoms with Crippen LogP contribution in [0.4, 0.5) is 11.4 Å². The molecule has 0 radical (unpaired) electrons. The van der Waals surface area contributed by atoms with Crippen LogP contribution in [-0.4, -0.2) is 37.3 Å². The Bertz CT molecular complexity index is 1210. The average Bonchev–Trinajstić information content (AvgIpc) is 3.19. The third kappa shape index (κ3) is 6.30. The summed E-state index contributed by atoms with van der Waals surface area (Å²) < 4.78 is 2.48. The molecule has 33 heavy (non-hydrogen) atoms. The van der Waals surface area contributed by atoms with Crippen molar-refractivity contribution in [3.63, 3.8) is 0 Å². The number of nitrogens with one attached hydrogen (secondary N) is 2. The first-order valence-electron chi connectivity index (χ1n) is 9.61. The van der Waals surface area contributed by atoms with E-state index in [4.69, 9.17) is 11.6 Å². The maximum absolute atomic E-state index is 12.4. The highest BCUT2D eigenvalue weighted by atomic mass is 79.9. The van der Waals surface area contributed by atoms with E-state index in [0.29, 0.717) is 27.6 Å². The molecule has 0 bridgehead atoms. The Balaban J connectivity index is 1.60. The molecule has 10 nitrogen and oxygen atoms in total. The number of aromatic nitrogens is 3. The van der Waals surface area contributed by atoms with Gasteiger partial charge in [-0.1, -0.05) is 35.5 Å². The molecule has 0 spiro atoms. The molecule has 2 aromatic carbocycles. The Labute approximate surface area is 206 Å². The van der Waals surface area contributed by atoms with Crippen LogP contribution in [0, 0.1) is 10.1 Å². The lowest BCUT2D eigenvalue weighted by Gasteiger charge is -2.10. The van der Waals surface area contributed by atoms with Crippen LogP contribution in [0.1, 0.15) is 23.1 Å². The highest BCUT2D eigenvalue weighted by molar-refractivity contribution is 9.10. The molecule has 0 atom stereocenters. The van der Waals surface area contributed by atoms with Gasteiger partial charge in [0.25, 0.3) is 11.6 Å². The second-order valence-electron chi connectivity index (χ2n) is 6.56. The molecule has 0 fully saturated rings. The summed E-state index contributed by atoms with van der Waals surface area (Å²) in [7, 11) is 0. The number of amides is 2. The van der Waals surface area contributed by atoms with Crippen molar-refractivity contribution >= 4 is 62.5 Å². The Kier molecular flexibility index (Phi) is 8.42. The summed E-state index contributed by atoms with van der Waals surface area (Å²) in [4.78, 5) is 35.1. The molecular formula is C20H18BrClN6O4S. The lowest BCUT2D eigenvalue weighted by atomic mass is 10.2. The normalized spacial score (nSPS) is 10.6. The number of nitrogens with zero attached hydrogens (tertiary/aromatic N) is 4. The fourth-order valence-corrected chi connectivity index (χ4v) is 4.26. The van der Waals surface area contributed by atoms with Gasteiger partial charge in [0, 0.05) is 23.2 Å². The molecule has 0 saturated carbocycles. The van der Waals surface area contributed by atoms with Gasteiger partial charge in [-0.3, -0.25) is 19.7 Å². The number of carbonyl (C=O) groups is 2. The maximum Gasteiger partial charge on any atom is 0.271 e. The van der Waals surface area contributed by atoms with Crippen molar-refractivity contribution in [2.24, 2.45) is 0 Å². The first-order valence-corrected chi connectivity index (χ1v) is 11.8. The van der Waals surface area contributed by atoms with Gasteiger partial charge >= 0.3 is 0 Å². The topological polar surface area (TPSA) is 132 Å². The van der Waals surface area contributed by atoms with Gasteiger partial charge in [-0.15, -0.1) is 10.2 Å². The average molecular weight is 554 g/mol. The third-order valence-electron chi connectivity index (χ3n) is 4.40. The van der Waals surface area contributed by atoms with E-state index in [0.717, 1.165) is 11.8 Å². The molecule has 13 heteroatoms. The molecule has 0 aliphatic rings. The number of rotatable bonds is 9. The molecule has 1 heterocycles. The zero-order chi connectivity index (χ0) is 24.0. The fraction of sp³-hybridized carbons (Fsp3) is 0.200. The number of anilines is 1. The molecule has 3 rings (SSSR count). The third-order valence-corrected chi connectivity index (χ3v) is 6.39. The molecule has 0 unspecified atom stereocenters. The number of hydrogen-bond acceptors (Lipinski definition) is 7. The molecular weight excluding hydrogens is 536 g/mol. The first kappa shape index (κ1) is 24.7. The molecule has 0 aliphatic heterocycles. The van der Waals surface area contributed by atoms with E-state index >= 15 is 0 Å². The van der Waals surface area contributed by atoms with Crippen molar-refractivity contribution in [1.29, 1.82) is 0 Å². The summed E-state index contributed by atoms with van der Waals surface area (Å²) in [5, 5.41) is 25.2. The van der Waals surface area contributed by atoms with Crippen LogP contribution in [-0.2, 0) is 17.9 Å². The summed E-state index contributed by atoms with van der Waals surface area (Å²) in [6.07, 6.45) is 0. The molecule has 2 N–H and O–H groups in total. The van der Waals surface area contributed by atoms with Crippen LogP contribution in [0.2, 0.25) is 5.02 Å². The van der Waals surface area contributed by atoms with Gasteiger partial charge in [0.15, 0.2) is 11.0 Å². The summed E-state index contributed by atoms with van der Waals surface area (Å²) in [5.41, 5.74) is 0.484. The monoisotopic (exact) mass is 552 g/mol. The van der Waals surface area contributed by atoms with E-state index in [-0.39, 0.29) is 34.6 Å². The van der Waals surface area contributed by atoms with E-state index in [2.05, 4.69) is 36.8 Å². The van der Waals surface area contributed by atoms with Crippen LogP contribution >= 0.6 is 39.3 Å². The highest BCUT2D eigenvalue weighted by Gasteiger charge is 2.17. The summed E-state index contributed by atoms with van der Waals surface area (Å²) in [6.45, 7) is 2.60. The number of hydrogen-bond donors (Lipinski definition) is 2. The van der Waals surface area contributed by atoms with Gasteiger partial charge in [0.1, 0.15) is 0 Å². The number of carbonyl (C=O) groups excluding carboxylic acids is 2. The largest absolute Gasteiger partial charge is 0.345 e. The zero-order valence-corrected chi connectivity index (χ0v) is 20.4. The zero-order valence-electron chi connectivity index (χ0n) is 17.2. The summed E-state index contributed by atoms with van der Waals surface area (Å²) >= 11 is 10.5. The van der Waals surface area contributed by atoms with Crippen molar-refractivity contribution in [2.45, 2.75) is 25.2 Å². The van der Waals surface area contributed by atoms with Gasteiger partial charge in [0.05, 0.1) is 33.5 Å². The van der Waals surface area contributed by atoms with Gasteiger partial charge in [-0.2, -0.15) is 0 Å². The molecule has 172 valence electrons. The van der Waals surface area contributed by atoms with Gasteiger partial charge in [-0.05, 0) is 41.1 Å². The number of non-ortho nitro benzene ring substituents is 1. The van der Waals surface area contributed by atoms with Crippen LogP contribution in [0.15, 0.2) is 52.1 Å². The first-order chi connectivity index (χ1) is 15.8. The van der Waals surface area contributed by atoms with E-state index < -0.39 is 10.8 Å². The lowest BCUT2D eigenvalue weighted by Crippen LogP contribution is -2.25. The quantitative estimate of drug-likeness (QED) is 0.230. The maximum atomic E-state index is 12.4. The lowest BCUT2D eigenvalue weighted by molar-refractivity contribution is -0.384. The van der Waals surface area contributed by atoms with Gasteiger partial charge in [-0.25, -0.2) is 0 Å². The predicted molar refractivity (Wildman–Crippen MR) is 128 cm³/mol. The molecule has 1 aromatic heterocycles. The van der Waals surface area contributed by atoms with Crippen LogP contribution in [0.3, 0.4) is 0 Å². The minimum absolute atomic E-state index is 0.0134. The van der Waals surface area contributed by atoms with E-state index in [1.165, 1.54) is 18.2 Å². The van der Waals surface area contributed by atoms with E-state index in [1.807, 2.05) is 13.0 Å². The standard InChI is InChI=1S/C20H18BrClN6O4S/c1-2-27-17(10-23-19(30)13-5-3-4-6-14(13)21)25-26-20(27)33-11-18(29)24-16-9-12(28(31)32)7-8-15(16)22/h3-9H,2,10-11H2,1H3,(H,23,30)(H,24,29). The Morgan fingerprint density at radius 3 is 2.70 bits per heavy atom. The van der Waals surface area contributed by atoms with Crippen molar-refractivity contribution in [2.75, 3.05) is 11.1 Å². The molecule has 3 aromatic rings. The Hall–Kier alpha value is -2.96. The summed E-state index contributed by atoms with van der Waals surface area (Å²) in [5.74, 6) is -0.129. The second kappa shape index (κ2) is 11.3. The number of nitro groups is 1. The number of halogens is 2. The van der Waals surface area contributed by atoms with Crippen LogP contribution in [0.5, 0.6) is 0 Å². The van der Waals surface area contributed by atoms with E-state index in [1.54, 1.807) is 22.8 Å². The predicted octanol–water partition coefficient (Wildman–Crippen LogP) is 4.28. The van der Waals surface area contributed by atoms with Crippen molar-refractivity contribution in [3.8, 4) is 0 Å².